The van der Waals surface area contributed by atoms with Crippen LogP contribution in [0.1, 0.15) is 58.3 Å². The van der Waals surface area contributed by atoms with Gasteiger partial charge in [-0.15, -0.1) is 0 Å². The number of para-hydroxylation sites is 1. The highest BCUT2D eigenvalue weighted by Gasteiger charge is 2.40. The molecule has 1 aromatic carbocycles. The number of carbonyl (C=O) groups is 2. The van der Waals surface area contributed by atoms with Crippen LogP contribution in [0.5, 0.6) is 0 Å². The minimum atomic E-state index is -2.75. The van der Waals surface area contributed by atoms with Crippen molar-refractivity contribution in [3.63, 3.8) is 0 Å². The topological polar surface area (TPSA) is 144 Å². The Balaban J connectivity index is 1.72. The third-order valence-corrected chi connectivity index (χ3v) is 8.03. The monoisotopic (exact) mass is 604 g/mol. The highest BCUT2D eigenvalue weighted by molar-refractivity contribution is 7.81. The largest absolute Gasteiger partial charge is 0.443 e. The van der Waals surface area contributed by atoms with Crippen molar-refractivity contribution in [1.82, 2.24) is 14.5 Å². The van der Waals surface area contributed by atoms with Gasteiger partial charge < -0.3 is 15.4 Å². The lowest BCUT2D eigenvalue weighted by Crippen LogP contribution is -2.41. The molecular formula is C31H36N6O5S. The zero-order valence-corrected chi connectivity index (χ0v) is 25.9. The number of nitrogens with zero attached hydrogens (tertiary/aromatic N) is 5. The summed E-state index contributed by atoms with van der Waals surface area (Å²) in [5, 5.41) is 0.816. The molecule has 2 atom stereocenters. The Morgan fingerprint density at radius 1 is 1.14 bits per heavy atom. The first-order valence-electron chi connectivity index (χ1n) is 14.0. The van der Waals surface area contributed by atoms with Crippen LogP contribution in [0.2, 0.25) is 0 Å². The average Bonchev–Trinajstić information content (AvgIpc) is 3.44. The summed E-state index contributed by atoms with van der Waals surface area (Å²) < 4.78 is 30.7. The molecule has 226 valence electrons. The molecule has 43 heavy (non-hydrogen) atoms. The molecule has 12 heteroatoms. The highest BCUT2D eigenvalue weighted by Crippen LogP contribution is 2.40. The molecule has 3 aromatic heterocycles. The van der Waals surface area contributed by atoms with E-state index in [9.17, 15) is 18.4 Å². The highest BCUT2D eigenvalue weighted by atomic mass is 32.2. The van der Waals surface area contributed by atoms with Gasteiger partial charge in [0.25, 0.3) is 17.2 Å². The van der Waals surface area contributed by atoms with Gasteiger partial charge in [0.1, 0.15) is 22.9 Å². The molecule has 0 radical (unpaired) electrons. The number of benzene rings is 1. The first kappa shape index (κ1) is 30.2. The lowest BCUT2D eigenvalue weighted by atomic mass is 9.97. The number of hydrogen-bond donors (Lipinski definition) is 2. The van der Waals surface area contributed by atoms with Crippen molar-refractivity contribution in [3.8, 4) is 11.4 Å². The van der Waals surface area contributed by atoms with E-state index in [-0.39, 0.29) is 22.6 Å². The zero-order chi connectivity index (χ0) is 31.3. The number of rotatable bonds is 5. The maximum atomic E-state index is 14.1. The van der Waals surface area contributed by atoms with E-state index < -0.39 is 28.9 Å². The number of aromatic nitrogens is 3. The van der Waals surface area contributed by atoms with Crippen LogP contribution in [-0.2, 0) is 16.0 Å². The fourth-order valence-electron chi connectivity index (χ4n) is 5.73. The summed E-state index contributed by atoms with van der Waals surface area (Å²) in [7, 11) is 0. The van der Waals surface area contributed by atoms with Crippen LogP contribution < -0.4 is 14.9 Å². The minimum absolute atomic E-state index is 0.00228. The standard InChI is InChI=1S/C31H36N6O5S/c1-19-17-31(5,6)35(18-19)27-21(28(38)37(43(40)41)24-12-9-15-33-26(24)32)13-14-22(34-27)25-16-20-10-7-8-11-23(20)36(25)29(39)42-30(2,3)4/h7-16,19H,17-18H2,1-6H3,(H2,32,33)(H,40,41)/t19-/m0/s1. The third-order valence-electron chi connectivity index (χ3n) is 7.36. The molecule has 0 saturated carbocycles. The van der Waals surface area contributed by atoms with Crippen LogP contribution in [-0.4, -0.2) is 53.0 Å². The summed E-state index contributed by atoms with van der Waals surface area (Å²) in [5.41, 5.74) is 6.56. The Kier molecular flexibility index (Phi) is 7.78. The normalized spacial score (nSPS) is 17.2. The SMILES string of the molecule is C[C@@H]1CN(c2nc(-c3cc4ccccc4n3C(=O)OC(C)(C)C)ccc2C(=O)N(c2cccnc2N)S(=O)O)C(C)(C)C1. The molecule has 5 rings (SSSR count). The predicted octanol–water partition coefficient (Wildman–Crippen LogP) is 5.87. The van der Waals surface area contributed by atoms with Crippen molar-refractivity contribution in [2.75, 3.05) is 21.5 Å². The van der Waals surface area contributed by atoms with Crippen LogP contribution in [0.25, 0.3) is 22.3 Å². The van der Waals surface area contributed by atoms with Gasteiger partial charge in [-0.3, -0.25) is 9.35 Å². The number of amides is 1. The first-order chi connectivity index (χ1) is 20.2. The van der Waals surface area contributed by atoms with Crippen molar-refractivity contribution in [3.05, 3.63) is 66.4 Å². The van der Waals surface area contributed by atoms with E-state index in [0.29, 0.717) is 39.5 Å². The molecule has 0 spiro atoms. The fraction of sp³-hybridized carbons (Fsp3) is 0.355. The molecular weight excluding hydrogens is 568 g/mol. The molecule has 3 N–H and O–H groups in total. The van der Waals surface area contributed by atoms with Crippen molar-refractivity contribution in [1.29, 1.82) is 0 Å². The lowest BCUT2D eigenvalue weighted by Gasteiger charge is -2.34. The number of hydrogen-bond acceptors (Lipinski definition) is 8. The molecule has 1 fully saturated rings. The van der Waals surface area contributed by atoms with Crippen molar-refractivity contribution < 1.29 is 23.1 Å². The predicted molar refractivity (Wildman–Crippen MR) is 168 cm³/mol. The van der Waals surface area contributed by atoms with Crippen LogP contribution in [0.3, 0.4) is 0 Å². The van der Waals surface area contributed by atoms with Crippen molar-refractivity contribution in [2.24, 2.45) is 5.92 Å². The first-order valence-corrected chi connectivity index (χ1v) is 15.0. The average molecular weight is 605 g/mol. The molecule has 1 saturated heterocycles. The second-order valence-electron chi connectivity index (χ2n) is 12.4. The number of fused-ring (bicyclic) bond motifs is 1. The van der Waals surface area contributed by atoms with Gasteiger partial charge in [-0.2, -0.15) is 4.31 Å². The van der Waals surface area contributed by atoms with Gasteiger partial charge in [0.15, 0.2) is 0 Å². The molecule has 1 amide bonds. The van der Waals surface area contributed by atoms with E-state index in [1.54, 1.807) is 32.9 Å². The van der Waals surface area contributed by atoms with Gasteiger partial charge in [0, 0.05) is 23.7 Å². The van der Waals surface area contributed by atoms with Crippen LogP contribution in [0, 0.1) is 5.92 Å². The Hall–Kier alpha value is -4.29. The fourth-order valence-corrected chi connectivity index (χ4v) is 6.29. The summed E-state index contributed by atoms with van der Waals surface area (Å²) in [5.74, 6) is -0.205. The number of ether oxygens (including phenoxy) is 1. The number of carbonyl (C=O) groups excluding carboxylic acids is 2. The van der Waals surface area contributed by atoms with E-state index in [0.717, 1.165) is 11.8 Å². The Bertz CT molecular complexity index is 1740. The van der Waals surface area contributed by atoms with E-state index in [2.05, 4.69) is 25.8 Å². The summed E-state index contributed by atoms with van der Waals surface area (Å²) in [4.78, 5) is 38.6. The maximum absolute atomic E-state index is 14.1. The molecule has 11 nitrogen and oxygen atoms in total. The van der Waals surface area contributed by atoms with Gasteiger partial charge in [0.05, 0.1) is 22.5 Å². The van der Waals surface area contributed by atoms with E-state index >= 15 is 0 Å². The quantitative estimate of drug-likeness (QED) is 0.267. The molecule has 1 aliphatic rings. The minimum Gasteiger partial charge on any atom is -0.443 e. The van der Waals surface area contributed by atoms with Crippen molar-refractivity contribution >= 4 is 51.5 Å². The molecule has 0 bridgehead atoms. The summed E-state index contributed by atoms with van der Waals surface area (Å²) >= 11 is -2.75. The van der Waals surface area contributed by atoms with Gasteiger partial charge in [-0.25, -0.2) is 23.5 Å². The molecule has 1 aliphatic heterocycles. The smallest absolute Gasteiger partial charge is 0.419 e. The number of anilines is 3. The van der Waals surface area contributed by atoms with E-state index in [1.807, 2.05) is 35.2 Å². The second kappa shape index (κ2) is 11.1. The number of pyridine rings is 2. The lowest BCUT2D eigenvalue weighted by molar-refractivity contribution is 0.0547. The molecule has 0 aliphatic carbocycles. The number of nitrogens with two attached hydrogens (primary N) is 1. The van der Waals surface area contributed by atoms with Crippen LogP contribution in [0.15, 0.2) is 60.8 Å². The Morgan fingerprint density at radius 3 is 2.49 bits per heavy atom. The molecule has 4 aromatic rings. The van der Waals surface area contributed by atoms with Crippen LogP contribution in [0.4, 0.5) is 22.1 Å². The summed E-state index contributed by atoms with van der Waals surface area (Å²) in [6.45, 7) is 12.3. The Labute approximate surface area is 253 Å². The van der Waals surface area contributed by atoms with Gasteiger partial charge in [0.2, 0.25) is 0 Å². The molecule has 1 unspecified atom stereocenters. The maximum Gasteiger partial charge on any atom is 0.419 e. The van der Waals surface area contributed by atoms with Gasteiger partial charge in [-0.05, 0) is 83.4 Å². The summed E-state index contributed by atoms with van der Waals surface area (Å²) in [6, 6.07) is 15.5. The summed E-state index contributed by atoms with van der Waals surface area (Å²) in [6.07, 6.45) is 1.72. The van der Waals surface area contributed by atoms with Crippen LogP contribution >= 0.6 is 0 Å². The molecule has 4 heterocycles. The van der Waals surface area contributed by atoms with Crippen molar-refractivity contribution in [2.45, 2.75) is 59.1 Å². The zero-order valence-electron chi connectivity index (χ0n) is 25.1. The number of nitrogen functional groups attached to an aromatic ring is 1. The van der Waals surface area contributed by atoms with Gasteiger partial charge >= 0.3 is 6.09 Å². The van der Waals surface area contributed by atoms with E-state index in [4.69, 9.17) is 15.5 Å². The Morgan fingerprint density at radius 2 is 1.86 bits per heavy atom. The van der Waals surface area contributed by atoms with Gasteiger partial charge in [-0.1, -0.05) is 25.1 Å². The third kappa shape index (κ3) is 5.84. The second-order valence-corrected chi connectivity index (χ2v) is 13.3. The van der Waals surface area contributed by atoms with E-state index in [1.165, 1.54) is 22.9 Å².